The number of aromatic amines is 1. The largest absolute Gasteiger partial charge is 0.508 e. The monoisotopic (exact) mass is 797 g/mol. The average molecular weight is 798 g/mol. The van der Waals surface area contributed by atoms with Gasteiger partial charge in [0.15, 0.2) is 0 Å². The summed E-state index contributed by atoms with van der Waals surface area (Å²) in [7, 11) is 0. The second kappa shape index (κ2) is 19.3. The molecule has 0 aliphatic heterocycles. The van der Waals surface area contributed by atoms with Gasteiger partial charge in [0.1, 0.15) is 5.75 Å². The van der Waals surface area contributed by atoms with Crippen molar-refractivity contribution in [3.63, 3.8) is 0 Å². The number of phenolic OH excluding ortho intramolecular Hbond substituents is 1. The lowest BCUT2D eigenvalue weighted by Gasteiger charge is -2.13. The Morgan fingerprint density at radius 1 is 0.433 bits per heavy atom. The number of hydrogen-bond donors (Lipinski definition) is 9. The van der Waals surface area contributed by atoms with Gasteiger partial charge < -0.3 is 47.3 Å². The molecular formula is C44H43N15O. The summed E-state index contributed by atoms with van der Waals surface area (Å²) in [5.74, 6) is 2.65. The van der Waals surface area contributed by atoms with Crippen molar-refractivity contribution in [1.29, 1.82) is 0 Å². The zero-order valence-corrected chi connectivity index (χ0v) is 32.5. The Balaban J connectivity index is 0.934. The Bertz CT molecular complexity index is 2560. The molecule has 0 atom stereocenters. The Kier molecular flexibility index (Phi) is 12.4. The van der Waals surface area contributed by atoms with Crippen LogP contribution >= 0.6 is 0 Å². The molecule has 0 saturated carbocycles. The number of para-hydroxylation sites is 2. The fraction of sp³-hybridized carbons (Fsp3) is 0.114. The smallest absolute Gasteiger partial charge is 0.233 e. The molecule has 0 unspecified atom stereocenters. The maximum Gasteiger partial charge on any atom is 0.233 e. The minimum atomic E-state index is 0.237. The van der Waals surface area contributed by atoms with Crippen LogP contribution in [0, 0.1) is 0 Å². The molecule has 0 spiro atoms. The van der Waals surface area contributed by atoms with E-state index in [1.165, 1.54) is 0 Å². The number of rotatable bonds is 19. The van der Waals surface area contributed by atoms with Crippen LogP contribution in [0.5, 0.6) is 5.75 Å². The number of H-pyrrole nitrogens is 1. The summed E-state index contributed by atoms with van der Waals surface area (Å²) < 4.78 is 0. The van der Waals surface area contributed by atoms with Crippen LogP contribution in [0.15, 0.2) is 146 Å². The molecule has 0 fully saturated rings. The number of imidazole rings is 1. The van der Waals surface area contributed by atoms with Gasteiger partial charge in [-0.25, -0.2) is 4.98 Å². The predicted molar refractivity (Wildman–Crippen MR) is 237 cm³/mol. The Hall–Kier alpha value is -8.27. The van der Waals surface area contributed by atoms with E-state index in [-0.39, 0.29) is 5.75 Å². The fourth-order valence-electron chi connectivity index (χ4n) is 6.03. The molecule has 300 valence electrons. The van der Waals surface area contributed by atoms with Crippen LogP contribution in [0.25, 0.3) is 0 Å². The molecule has 0 radical (unpaired) electrons. The van der Waals surface area contributed by atoms with Crippen LogP contribution in [0.2, 0.25) is 0 Å². The van der Waals surface area contributed by atoms with Crippen molar-refractivity contribution < 1.29 is 5.11 Å². The van der Waals surface area contributed by atoms with Crippen molar-refractivity contribution in [1.82, 2.24) is 39.9 Å². The number of nitrogens with one attached hydrogen (secondary N) is 8. The van der Waals surface area contributed by atoms with E-state index in [4.69, 9.17) is 4.98 Å². The van der Waals surface area contributed by atoms with Gasteiger partial charge in [0.2, 0.25) is 35.7 Å². The topological polar surface area (TPSA) is 210 Å². The summed E-state index contributed by atoms with van der Waals surface area (Å²) in [4.78, 5) is 35.1. The first-order valence-corrected chi connectivity index (χ1v) is 19.4. The van der Waals surface area contributed by atoms with Crippen LogP contribution in [-0.2, 0) is 19.4 Å². The summed E-state index contributed by atoms with van der Waals surface area (Å²) in [6.45, 7) is 1.64. The summed E-state index contributed by atoms with van der Waals surface area (Å²) in [5, 5.41) is 33.0. The third-order valence-corrected chi connectivity index (χ3v) is 9.01. The Morgan fingerprint density at radius 3 is 1.53 bits per heavy atom. The van der Waals surface area contributed by atoms with Crippen molar-refractivity contribution in [2.45, 2.75) is 19.4 Å². The van der Waals surface area contributed by atoms with Crippen molar-refractivity contribution in [2.75, 3.05) is 50.3 Å². The van der Waals surface area contributed by atoms with Gasteiger partial charge in [-0.05, 0) is 84.3 Å². The normalized spacial score (nSPS) is 10.7. The minimum absolute atomic E-state index is 0.237. The van der Waals surface area contributed by atoms with Gasteiger partial charge in [-0.1, -0.05) is 66.7 Å². The van der Waals surface area contributed by atoms with Gasteiger partial charge in [0.25, 0.3) is 0 Å². The number of phenols is 1. The van der Waals surface area contributed by atoms with E-state index >= 15 is 0 Å². The molecule has 9 N–H and O–H groups in total. The second-order valence-electron chi connectivity index (χ2n) is 13.6. The minimum Gasteiger partial charge on any atom is -0.508 e. The zero-order chi connectivity index (χ0) is 40.8. The Labute approximate surface area is 346 Å². The third-order valence-electron chi connectivity index (χ3n) is 9.01. The number of hydrogen-bond acceptors (Lipinski definition) is 15. The maximum absolute atomic E-state index is 9.62. The number of benzene rings is 5. The van der Waals surface area contributed by atoms with Gasteiger partial charge in [-0.2, -0.15) is 29.9 Å². The Morgan fingerprint density at radius 2 is 0.917 bits per heavy atom. The van der Waals surface area contributed by atoms with Crippen LogP contribution < -0.4 is 37.2 Å². The number of nitrogens with zero attached hydrogens (tertiary/aromatic N) is 7. The maximum atomic E-state index is 9.62. The molecule has 0 aliphatic rings. The molecule has 5 aromatic carbocycles. The predicted octanol–water partition coefficient (Wildman–Crippen LogP) is 8.38. The summed E-state index contributed by atoms with van der Waals surface area (Å²) >= 11 is 0. The van der Waals surface area contributed by atoms with Gasteiger partial charge in [0, 0.05) is 66.4 Å². The first-order chi connectivity index (χ1) is 29.5. The first kappa shape index (κ1) is 38.6. The van der Waals surface area contributed by atoms with Crippen molar-refractivity contribution in [2.24, 2.45) is 0 Å². The van der Waals surface area contributed by atoms with E-state index in [1.54, 1.807) is 24.7 Å². The molecule has 8 rings (SSSR count). The highest BCUT2D eigenvalue weighted by Gasteiger charge is 2.11. The number of aromatic hydroxyl groups is 1. The van der Waals surface area contributed by atoms with Crippen molar-refractivity contribution in [3.05, 3.63) is 163 Å². The van der Waals surface area contributed by atoms with Gasteiger partial charge >= 0.3 is 0 Å². The van der Waals surface area contributed by atoms with E-state index in [9.17, 15) is 5.11 Å². The lowest BCUT2D eigenvalue weighted by Crippen LogP contribution is -2.13. The highest BCUT2D eigenvalue weighted by Crippen LogP contribution is 2.24. The highest BCUT2D eigenvalue weighted by molar-refractivity contribution is 5.67. The lowest BCUT2D eigenvalue weighted by atomic mass is 10.1. The molecule has 8 aromatic rings. The number of anilines is 11. The quantitative estimate of drug-likeness (QED) is 0.0376. The molecule has 3 aromatic heterocycles. The highest BCUT2D eigenvalue weighted by atomic mass is 16.3. The molecule has 16 nitrogen and oxygen atoms in total. The van der Waals surface area contributed by atoms with E-state index in [0.29, 0.717) is 55.3 Å². The lowest BCUT2D eigenvalue weighted by molar-refractivity contribution is 0.475. The molecule has 0 amide bonds. The summed E-state index contributed by atoms with van der Waals surface area (Å²) in [5.41, 5.74) is 7.47. The molecule has 16 heteroatoms. The molecular weight excluding hydrogens is 755 g/mol. The van der Waals surface area contributed by atoms with Crippen LogP contribution in [-0.4, -0.2) is 58.1 Å². The van der Waals surface area contributed by atoms with E-state index in [2.05, 4.69) is 72.1 Å². The van der Waals surface area contributed by atoms with Crippen LogP contribution in [0.3, 0.4) is 0 Å². The van der Waals surface area contributed by atoms with E-state index in [0.717, 1.165) is 58.1 Å². The van der Waals surface area contributed by atoms with Gasteiger partial charge in [-0.15, -0.1) is 0 Å². The average Bonchev–Trinajstić information content (AvgIpc) is 3.79. The molecule has 0 bridgehead atoms. The molecule has 0 aliphatic carbocycles. The van der Waals surface area contributed by atoms with Crippen LogP contribution in [0.4, 0.5) is 64.1 Å². The SMILES string of the molecule is Oc1ccc(CCNc2nc(Nc3ccccc3)nc(Nc3ccc(CNc4nc(NCCc5cnc[nH]5)nc(Nc5cccc(Nc6ccccc6)c5)n4)cc3)n2)cc1. The standard InChI is InChI=1S/C44H43N15O/c60-38-20-16-30(17-21-38)22-24-46-40-56-42(51-33-10-5-2-6-11-33)59-43(57-40)52-34-18-14-31(15-19-34)27-48-41-54-39(47-25-23-37-28-45-29-49-37)55-44(58-41)53-36-13-7-12-35(26-36)50-32-8-3-1-4-9-32/h1-21,26,28-29,50,60H,22-25,27H2,(H,45,49)(H3,46,51,52,56,57,59)(H3,47,48,53,54,55,58). The molecule has 3 heterocycles. The second-order valence-corrected chi connectivity index (χ2v) is 13.6. The van der Waals surface area contributed by atoms with Crippen molar-refractivity contribution in [3.8, 4) is 5.75 Å². The van der Waals surface area contributed by atoms with E-state index < -0.39 is 0 Å². The summed E-state index contributed by atoms with van der Waals surface area (Å²) in [6.07, 6.45) is 4.91. The third kappa shape index (κ3) is 11.4. The zero-order valence-electron chi connectivity index (χ0n) is 32.5. The van der Waals surface area contributed by atoms with Crippen LogP contribution in [0.1, 0.15) is 16.8 Å². The van der Waals surface area contributed by atoms with Crippen molar-refractivity contribution >= 4 is 64.1 Å². The summed E-state index contributed by atoms with van der Waals surface area (Å²) in [6, 6.07) is 42.7. The first-order valence-electron chi connectivity index (χ1n) is 19.4. The number of aromatic nitrogens is 8. The molecule has 0 saturated heterocycles. The fourth-order valence-corrected chi connectivity index (χ4v) is 6.03. The van der Waals surface area contributed by atoms with E-state index in [1.807, 2.05) is 121 Å². The van der Waals surface area contributed by atoms with Gasteiger partial charge in [-0.3, -0.25) is 0 Å². The molecule has 60 heavy (non-hydrogen) atoms. The van der Waals surface area contributed by atoms with Gasteiger partial charge in [0.05, 0.1) is 6.33 Å².